The molecule has 1 saturated heterocycles. The van der Waals surface area contributed by atoms with Crippen LogP contribution in [0.4, 0.5) is 0 Å². The Bertz CT molecular complexity index is 829. The van der Waals surface area contributed by atoms with Gasteiger partial charge in [-0.3, -0.25) is 32.7 Å². The smallest absolute Gasteiger partial charge is 0.460 e. The summed E-state index contributed by atoms with van der Waals surface area (Å²) >= 11 is 0. The standard InChI is InChI=1S/C24H41N2O10P/c1-6-18-13-21(35-24(31)12-9-17(4)27)15-26(18)23(30)16-34-37(32,33-5)36-20(11-10-19(28)7-2)14-25-22(29)8-3/h18,20-21H,6-16H2,1-5H3,(H,25,29)/t18-,20?,21-,37?/m1/s1. The molecule has 0 aromatic carbocycles. The van der Waals surface area contributed by atoms with Gasteiger partial charge in [0.25, 0.3) is 0 Å². The lowest BCUT2D eigenvalue weighted by Gasteiger charge is -2.26. The highest BCUT2D eigenvalue weighted by molar-refractivity contribution is 7.48. The number of nitrogens with one attached hydrogen (secondary N) is 1. The van der Waals surface area contributed by atoms with Gasteiger partial charge in [0.1, 0.15) is 24.3 Å². The van der Waals surface area contributed by atoms with Crippen LogP contribution in [0.2, 0.25) is 0 Å². The summed E-state index contributed by atoms with van der Waals surface area (Å²) < 4.78 is 34.3. The Labute approximate surface area is 218 Å². The maximum absolute atomic E-state index is 13.1. The SMILES string of the molecule is CCC(=O)CCC(CNC(=O)CC)OP(=O)(OC)OCC(=O)N1C[C@H](OC(=O)CCC(C)=O)C[C@H]1CC. The number of ketones is 2. The summed E-state index contributed by atoms with van der Waals surface area (Å²) in [6, 6.07) is -0.207. The molecule has 0 spiro atoms. The molecule has 0 aliphatic carbocycles. The molecule has 1 aliphatic rings. The summed E-state index contributed by atoms with van der Waals surface area (Å²) in [5, 5.41) is 2.64. The minimum Gasteiger partial charge on any atom is -0.460 e. The van der Waals surface area contributed by atoms with Crippen LogP contribution in [0.3, 0.4) is 0 Å². The summed E-state index contributed by atoms with van der Waals surface area (Å²) in [6.45, 7) is 6.24. The molecule has 0 aromatic rings. The summed E-state index contributed by atoms with van der Waals surface area (Å²) in [4.78, 5) is 60.9. The van der Waals surface area contributed by atoms with E-state index >= 15 is 0 Å². The largest absolute Gasteiger partial charge is 0.475 e. The molecule has 37 heavy (non-hydrogen) atoms. The Balaban J connectivity index is 2.75. The molecule has 2 amide bonds. The van der Waals surface area contributed by atoms with Crippen molar-refractivity contribution in [3.8, 4) is 0 Å². The van der Waals surface area contributed by atoms with Crippen molar-refractivity contribution >= 4 is 37.2 Å². The zero-order valence-electron chi connectivity index (χ0n) is 22.5. The van der Waals surface area contributed by atoms with Crippen molar-refractivity contribution in [1.82, 2.24) is 10.2 Å². The predicted molar refractivity (Wildman–Crippen MR) is 133 cm³/mol. The van der Waals surface area contributed by atoms with Gasteiger partial charge >= 0.3 is 13.8 Å². The number of Topliss-reactive ketones (excluding diaryl/α,β-unsaturated/α-hetero) is 2. The quantitative estimate of drug-likeness (QED) is 0.200. The van der Waals surface area contributed by atoms with Crippen LogP contribution in [0.1, 0.15) is 79.1 Å². The first-order valence-electron chi connectivity index (χ1n) is 12.7. The molecule has 1 rings (SSSR count). The van der Waals surface area contributed by atoms with E-state index in [1.807, 2.05) is 6.92 Å². The van der Waals surface area contributed by atoms with Gasteiger partial charge < -0.3 is 19.7 Å². The Kier molecular flexibility index (Phi) is 14.8. The monoisotopic (exact) mass is 548 g/mol. The van der Waals surface area contributed by atoms with Crippen molar-refractivity contribution in [3.63, 3.8) is 0 Å². The second kappa shape index (κ2) is 16.7. The van der Waals surface area contributed by atoms with Crippen LogP contribution in [-0.4, -0.2) is 79.3 Å². The molecular weight excluding hydrogens is 507 g/mol. The van der Waals surface area contributed by atoms with Crippen molar-refractivity contribution in [2.75, 3.05) is 26.8 Å². The zero-order chi connectivity index (χ0) is 28.0. The molecule has 1 heterocycles. The zero-order valence-corrected chi connectivity index (χ0v) is 23.4. The Morgan fingerprint density at radius 1 is 1.05 bits per heavy atom. The van der Waals surface area contributed by atoms with Gasteiger partial charge in [-0.15, -0.1) is 0 Å². The molecular formula is C24H41N2O10P. The van der Waals surface area contributed by atoms with Crippen molar-refractivity contribution in [2.45, 2.75) is 97.3 Å². The number of carbonyl (C=O) groups is 5. The Morgan fingerprint density at radius 3 is 2.32 bits per heavy atom. The number of ether oxygens (including phenoxy) is 1. The molecule has 4 atom stereocenters. The fourth-order valence-electron chi connectivity index (χ4n) is 3.74. The first kappa shape index (κ1) is 32.9. The number of hydrogen-bond acceptors (Lipinski definition) is 10. The van der Waals surface area contributed by atoms with Crippen LogP contribution in [0.25, 0.3) is 0 Å². The Morgan fingerprint density at radius 2 is 1.76 bits per heavy atom. The van der Waals surface area contributed by atoms with Gasteiger partial charge in [0.15, 0.2) is 0 Å². The molecule has 1 fully saturated rings. The molecule has 1 aliphatic heterocycles. The number of esters is 1. The molecule has 12 nitrogen and oxygen atoms in total. The number of nitrogens with zero attached hydrogens (tertiary/aromatic N) is 1. The first-order valence-corrected chi connectivity index (χ1v) is 14.2. The van der Waals surface area contributed by atoms with E-state index < -0.39 is 38.5 Å². The van der Waals surface area contributed by atoms with Gasteiger partial charge in [-0.25, -0.2) is 4.57 Å². The third-order valence-electron chi connectivity index (χ3n) is 5.98. The van der Waals surface area contributed by atoms with E-state index in [2.05, 4.69) is 5.32 Å². The van der Waals surface area contributed by atoms with E-state index in [1.165, 1.54) is 11.8 Å². The van der Waals surface area contributed by atoms with Crippen LogP contribution < -0.4 is 5.32 Å². The molecule has 0 bridgehead atoms. The summed E-state index contributed by atoms with van der Waals surface area (Å²) in [5.74, 6) is -1.35. The van der Waals surface area contributed by atoms with Crippen LogP contribution in [0.15, 0.2) is 0 Å². The normalized spacial score (nSPS) is 19.6. The maximum atomic E-state index is 13.1. The number of phosphoric acid groups is 1. The van der Waals surface area contributed by atoms with Gasteiger partial charge in [-0.1, -0.05) is 20.8 Å². The number of phosphoric ester groups is 1. The van der Waals surface area contributed by atoms with E-state index in [0.717, 1.165) is 7.11 Å². The van der Waals surface area contributed by atoms with Gasteiger partial charge in [0.05, 0.1) is 19.1 Å². The number of hydrogen-bond donors (Lipinski definition) is 1. The molecule has 0 radical (unpaired) electrons. The minimum absolute atomic E-state index is 0.00493. The summed E-state index contributed by atoms with van der Waals surface area (Å²) in [6.07, 6.45) is 0.707. The van der Waals surface area contributed by atoms with Crippen LogP contribution in [-0.2, 0) is 46.8 Å². The van der Waals surface area contributed by atoms with Gasteiger partial charge in [0.2, 0.25) is 11.8 Å². The van der Waals surface area contributed by atoms with E-state index in [0.29, 0.717) is 19.3 Å². The lowest BCUT2D eigenvalue weighted by molar-refractivity contribution is -0.150. The number of likely N-dealkylation sites (tertiary alicyclic amines) is 1. The molecule has 2 unspecified atom stereocenters. The maximum Gasteiger partial charge on any atom is 0.475 e. The predicted octanol–water partition coefficient (Wildman–Crippen LogP) is 2.72. The Hall–Kier alpha value is -2.14. The fourth-order valence-corrected chi connectivity index (χ4v) is 4.81. The lowest BCUT2D eigenvalue weighted by Crippen LogP contribution is -2.38. The highest BCUT2D eigenvalue weighted by Gasteiger charge is 2.38. The van der Waals surface area contributed by atoms with Gasteiger partial charge in [-0.2, -0.15) is 0 Å². The molecule has 0 aromatic heterocycles. The number of amides is 2. The molecule has 1 N–H and O–H groups in total. The van der Waals surface area contributed by atoms with Crippen LogP contribution in [0, 0.1) is 0 Å². The van der Waals surface area contributed by atoms with Crippen LogP contribution in [0.5, 0.6) is 0 Å². The minimum atomic E-state index is -4.20. The third-order valence-corrected chi connectivity index (χ3v) is 7.43. The van der Waals surface area contributed by atoms with Gasteiger partial charge in [-0.05, 0) is 19.8 Å². The third kappa shape index (κ3) is 12.3. The number of rotatable bonds is 18. The van der Waals surface area contributed by atoms with E-state index in [-0.39, 0.29) is 68.7 Å². The van der Waals surface area contributed by atoms with Crippen molar-refractivity contribution in [1.29, 1.82) is 0 Å². The first-order chi connectivity index (χ1) is 17.5. The average molecular weight is 549 g/mol. The van der Waals surface area contributed by atoms with Crippen LogP contribution >= 0.6 is 7.82 Å². The fraction of sp³-hybridized carbons (Fsp3) is 0.792. The lowest BCUT2D eigenvalue weighted by atomic mass is 10.1. The van der Waals surface area contributed by atoms with E-state index in [4.69, 9.17) is 18.3 Å². The summed E-state index contributed by atoms with van der Waals surface area (Å²) in [5.41, 5.74) is 0. The average Bonchev–Trinajstić information content (AvgIpc) is 3.29. The molecule has 13 heteroatoms. The highest BCUT2D eigenvalue weighted by atomic mass is 31.2. The molecule has 212 valence electrons. The van der Waals surface area contributed by atoms with Gasteiger partial charge in [0, 0.05) is 51.8 Å². The van der Waals surface area contributed by atoms with E-state index in [1.54, 1.807) is 13.8 Å². The summed E-state index contributed by atoms with van der Waals surface area (Å²) in [7, 11) is -3.08. The number of carbonyl (C=O) groups excluding carboxylic acids is 5. The topological polar surface area (TPSA) is 155 Å². The van der Waals surface area contributed by atoms with E-state index in [9.17, 15) is 28.5 Å². The highest BCUT2D eigenvalue weighted by Crippen LogP contribution is 2.50. The second-order valence-corrected chi connectivity index (χ2v) is 10.6. The van der Waals surface area contributed by atoms with Crippen molar-refractivity contribution in [3.05, 3.63) is 0 Å². The molecule has 0 saturated carbocycles. The van der Waals surface area contributed by atoms with Crippen molar-refractivity contribution < 1.29 is 46.8 Å². The second-order valence-electron chi connectivity index (χ2n) is 8.88. The van der Waals surface area contributed by atoms with Crippen molar-refractivity contribution in [2.24, 2.45) is 0 Å².